The van der Waals surface area contributed by atoms with Crippen LogP contribution in [0.1, 0.15) is 39.5 Å². The molecular formula is C14H32Cl2N2O2. The second kappa shape index (κ2) is 13.1. The van der Waals surface area contributed by atoms with Gasteiger partial charge in [0.2, 0.25) is 0 Å². The molecule has 0 saturated carbocycles. The molecule has 4 atom stereocenters. The van der Waals surface area contributed by atoms with Crippen LogP contribution in [0.15, 0.2) is 0 Å². The van der Waals surface area contributed by atoms with E-state index in [1.54, 1.807) is 0 Å². The fourth-order valence-corrected chi connectivity index (χ4v) is 2.52. The van der Waals surface area contributed by atoms with Gasteiger partial charge < -0.3 is 20.1 Å². The lowest BCUT2D eigenvalue weighted by Crippen LogP contribution is -2.35. The minimum Gasteiger partial charge on any atom is -0.378 e. The average molecular weight is 331 g/mol. The van der Waals surface area contributed by atoms with E-state index in [1.807, 2.05) is 14.1 Å². The number of hydrogen-bond acceptors (Lipinski definition) is 4. The maximum absolute atomic E-state index is 5.37. The Morgan fingerprint density at radius 3 is 1.30 bits per heavy atom. The summed E-state index contributed by atoms with van der Waals surface area (Å²) in [5.74, 6) is 0. The first-order chi connectivity index (χ1) is 8.65. The Bertz CT molecular complexity index is 201. The zero-order chi connectivity index (χ0) is 13.4. The van der Waals surface area contributed by atoms with E-state index in [4.69, 9.17) is 9.47 Å². The highest BCUT2D eigenvalue weighted by Gasteiger charge is 2.17. The predicted molar refractivity (Wildman–Crippen MR) is 89.5 cm³/mol. The number of nitrogens with one attached hydrogen (secondary N) is 2. The average Bonchev–Trinajstić information content (AvgIpc) is 2.39. The van der Waals surface area contributed by atoms with E-state index in [9.17, 15) is 0 Å². The van der Waals surface area contributed by atoms with E-state index in [-0.39, 0.29) is 24.8 Å². The van der Waals surface area contributed by atoms with E-state index in [1.165, 1.54) is 12.8 Å². The Balaban J connectivity index is 0. The predicted octanol–water partition coefficient (Wildman–Crippen LogP) is 2.39. The largest absolute Gasteiger partial charge is 0.378 e. The number of hydrogen-bond donors (Lipinski definition) is 2. The molecule has 2 saturated heterocycles. The van der Waals surface area contributed by atoms with Crippen LogP contribution in [0.4, 0.5) is 0 Å². The van der Waals surface area contributed by atoms with Crippen molar-refractivity contribution in [2.24, 2.45) is 0 Å². The topological polar surface area (TPSA) is 42.5 Å². The van der Waals surface area contributed by atoms with Crippen LogP contribution in [-0.2, 0) is 9.47 Å². The maximum atomic E-state index is 5.37. The quantitative estimate of drug-likeness (QED) is 0.815. The molecule has 20 heavy (non-hydrogen) atoms. The second-order valence-corrected chi connectivity index (χ2v) is 5.38. The fraction of sp³-hybridized carbons (Fsp3) is 1.00. The van der Waals surface area contributed by atoms with E-state index in [0.29, 0.717) is 24.3 Å². The molecule has 0 spiro atoms. The van der Waals surface area contributed by atoms with Gasteiger partial charge in [0.15, 0.2) is 0 Å². The number of halogens is 2. The molecule has 2 heterocycles. The smallest absolute Gasteiger partial charge is 0.0561 e. The molecule has 0 aromatic carbocycles. The molecule has 0 unspecified atom stereocenters. The van der Waals surface area contributed by atoms with Gasteiger partial charge in [-0.25, -0.2) is 0 Å². The summed E-state index contributed by atoms with van der Waals surface area (Å²) in [5.41, 5.74) is 0. The fourth-order valence-electron chi connectivity index (χ4n) is 2.52. The van der Waals surface area contributed by atoms with Gasteiger partial charge in [0, 0.05) is 25.3 Å². The van der Waals surface area contributed by atoms with Gasteiger partial charge in [0.25, 0.3) is 0 Å². The Labute approximate surface area is 136 Å². The summed E-state index contributed by atoms with van der Waals surface area (Å²) >= 11 is 0. The molecule has 2 aliphatic rings. The highest BCUT2D eigenvalue weighted by atomic mass is 35.5. The second-order valence-electron chi connectivity index (χ2n) is 5.38. The summed E-state index contributed by atoms with van der Waals surface area (Å²) in [5, 5.41) is 6.51. The first-order valence-electron chi connectivity index (χ1n) is 7.23. The van der Waals surface area contributed by atoms with Gasteiger partial charge in [0.05, 0.1) is 12.2 Å². The Morgan fingerprint density at radius 1 is 0.750 bits per heavy atom. The maximum Gasteiger partial charge on any atom is 0.0561 e. The van der Waals surface area contributed by atoms with Crippen molar-refractivity contribution < 1.29 is 9.47 Å². The van der Waals surface area contributed by atoms with Crippen molar-refractivity contribution in [1.29, 1.82) is 0 Å². The van der Waals surface area contributed by atoms with Crippen LogP contribution in [0.25, 0.3) is 0 Å². The van der Waals surface area contributed by atoms with Gasteiger partial charge in [-0.05, 0) is 53.6 Å². The van der Waals surface area contributed by atoms with Gasteiger partial charge in [-0.1, -0.05) is 0 Å². The number of rotatable bonds is 2. The minimum absolute atomic E-state index is 0. The third-order valence-corrected chi connectivity index (χ3v) is 3.79. The van der Waals surface area contributed by atoms with Crippen molar-refractivity contribution in [3.05, 3.63) is 0 Å². The lowest BCUT2D eigenvalue weighted by molar-refractivity contribution is 0.0145. The third-order valence-electron chi connectivity index (χ3n) is 3.79. The highest BCUT2D eigenvalue weighted by Crippen LogP contribution is 2.12. The van der Waals surface area contributed by atoms with Crippen molar-refractivity contribution in [2.75, 3.05) is 27.3 Å². The molecule has 2 N–H and O–H groups in total. The minimum atomic E-state index is 0. The van der Waals surface area contributed by atoms with Crippen LogP contribution in [0, 0.1) is 0 Å². The Morgan fingerprint density at radius 2 is 1.10 bits per heavy atom. The van der Waals surface area contributed by atoms with E-state index >= 15 is 0 Å². The van der Waals surface area contributed by atoms with E-state index in [2.05, 4.69) is 24.5 Å². The monoisotopic (exact) mass is 330 g/mol. The van der Waals surface area contributed by atoms with Crippen LogP contribution in [-0.4, -0.2) is 51.6 Å². The lowest BCUT2D eigenvalue weighted by atomic mass is 10.1. The van der Waals surface area contributed by atoms with Crippen molar-refractivity contribution in [2.45, 2.75) is 63.8 Å². The highest BCUT2D eigenvalue weighted by molar-refractivity contribution is 5.85. The van der Waals surface area contributed by atoms with Gasteiger partial charge in [0.1, 0.15) is 0 Å². The summed E-state index contributed by atoms with van der Waals surface area (Å²) in [6, 6.07) is 1.38. The Kier molecular flexibility index (Phi) is 14.9. The standard InChI is InChI=1S/2C7H15NO.2ClH/c2*1-6-5-7(8-2)3-4-9-6;;/h2*6-8H,3-5H2,1-2H3;2*1H/t2*6-,7-;;/m10../s1. The molecule has 124 valence electrons. The van der Waals surface area contributed by atoms with Crippen LogP contribution >= 0.6 is 24.8 Å². The molecule has 2 rings (SSSR count). The van der Waals surface area contributed by atoms with Crippen molar-refractivity contribution in [3.63, 3.8) is 0 Å². The molecular weight excluding hydrogens is 299 g/mol. The van der Waals surface area contributed by atoms with Crippen molar-refractivity contribution in [3.8, 4) is 0 Å². The normalized spacial score (nSPS) is 33.0. The molecule has 0 radical (unpaired) electrons. The molecule has 0 amide bonds. The molecule has 6 heteroatoms. The molecule has 0 aromatic heterocycles. The van der Waals surface area contributed by atoms with Crippen LogP contribution in [0.2, 0.25) is 0 Å². The molecule has 0 bridgehead atoms. The van der Waals surface area contributed by atoms with E-state index < -0.39 is 0 Å². The van der Waals surface area contributed by atoms with Crippen molar-refractivity contribution >= 4 is 24.8 Å². The Hall–Kier alpha value is 0.420. The summed E-state index contributed by atoms with van der Waals surface area (Å²) in [6.45, 7) is 6.10. The van der Waals surface area contributed by atoms with Gasteiger partial charge >= 0.3 is 0 Å². The molecule has 2 fully saturated rings. The first kappa shape index (κ1) is 22.7. The number of ether oxygens (including phenoxy) is 2. The van der Waals surface area contributed by atoms with Crippen LogP contribution < -0.4 is 10.6 Å². The SMILES string of the molecule is CN[C@@H]1CCO[C@H](C)C1.CN[C@H]1CCO[C@@H](C)C1.Cl.Cl. The lowest BCUT2D eigenvalue weighted by Gasteiger charge is -2.26. The van der Waals surface area contributed by atoms with Crippen molar-refractivity contribution in [1.82, 2.24) is 10.6 Å². The molecule has 4 nitrogen and oxygen atoms in total. The third kappa shape index (κ3) is 9.37. The zero-order valence-electron chi connectivity index (χ0n) is 13.2. The van der Waals surface area contributed by atoms with Crippen LogP contribution in [0.3, 0.4) is 0 Å². The van der Waals surface area contributed by atoms with Gasteiger partial charge in [-0.2, -0.15) is 0 Å². The summed E-state index contributed by atoms with van der Waals surface area (Å²) in [6.07, 6.45) is 5.57. The first-order valence-corrected chi connectivity index (χ1v) is 7.23. The molecule has 0 aromatic rings. The van der Waals surface area contributed by atoms with Crippen LogP contribution in [0.5, 0.6) is 0 Å². The summed E-state index contributed by atoms with van der Waals surface area (Å²) in [4.78, 5) is 0. The summed E-state index contributed by atoms with van der Waals surface area (Å²) in [7, 11) is 4.03. The zero-order valence-corrected chi connectivity index (χ0v) is 14.8. The molecule has 2 aliphatic heterocycles. The van der Waals surface area contributed by atoms with Gasteiger partial charge in [-0.3, -0.25) is 0 Å². The van der Waals surface area contributed by atoms with E-state index in [0.717, 1.165) is 26.1 Å². The summed E-state index contributed by atoms with van der Waals surface area (Å²) < 4.78 is 10.7. The van der Waals surface area contributed by atoms with Gasteiger partial charge in [-0.15, -0.1) is 24.8 Å². The molecule has 0 aliphatic carbocycles.